The summed E-state index contributed by atoms with van der Waals surface area (Å²) in [5.41, 5.74) is 1.43. The zero-order valence-corrected chi connectivity index (χ0v) is 17.0. The van der Waals surface area contributed by atoms with Crippen molar-refractivity contribution in [3.63, 3.8) is 0 Å². The van der Waals surface area contributed by atoms with Gasteiger partial charge in [-0.3, -0.25) is 4.68 Å². The van der Waals surface area contributed by atoms with Crippen LogP contribution in [-0.4, -0.2) is 52.8 Å². The first-order valence-electron chi connectivity index (χ1n) is 9.10. The molecule has 1 aliphatic heterocycles. The van der Waals surface area contributed by atoms with Crippen LogP contribution in [0.5, 0.6) is 0 Å². The maximum absolute atomic E-state index is 13.2. The summed E-state index contributed by atoms with van der Waals surface area (Å²) in [6, 6.07) is 0.999. The molecular formula is C18H24F3N5OS. The molecule has 1 fully saturated rings. The Labute approximate surface area is 166 Å². The molecule has 2 aromatic rings. The lowest BCUT2D eigenvalue weighted by Gasteiger charge is -2.33. The van der Waals surface area contributed by atoms with Crippen LogP contribution in [0.4, 0.5) is 19.1 Å². The van der Waals surface area contributed by atoms with Crippen LogP contribution in [0.25, 0.3) is 0 Å². The van der Waals surface area contributed by atoms with E-state index in [-0.39, 0.29) is 5.95 Å². The standard InChI is InChI=1S/C18H24F3N5OS/c1-12-11-22-26(8-9-27-2)16(12)13-4-6-25(7-5-13)17-23-14(18(19,20)21)10-15(24-17)28-3/h10-11,13H,4-9H2,1-3H3. The van der Waals surface area contributed by atoms with Crippen LogP contribution in [0, 0.1) is 6.92 Å². The second-order valence-electron chi connectivity index (χ2n) is 6.78. The molecule has 0 saturated carbocycles. The average Bonchev–Trinajstić information content (AvgIpc) is 3.05. The molecule has 154 valence electrons. The Morgan fingerprint density at radius 2 is 1.96 bits per heavy atom. The number of rotatable bonds is 6. The lowest BCUT2D eigenvalue weighted by atomic mass is 9.91. The van der Waals surface area contributed by atoms with Gasteiger partial charge in [-0.25, -0.2) is 9.97 Å². The molecule has 0 aliphatic carbocycles. The van der Waals surface area contributed by atoms with Gasteiger partial charge >= 0.3 is 6.18 Å². The van der Waals surface area contributed by atoms with Crippen LogP contribution in [0.1, 0.15) is 35.7 Å². The highest BCUT2D eigenvalue weighted by Crippen LogP contribution is 2.34. The van der Waals surface area contributed by atoms with Crippen LogP contribution in [0.15, 0.2) is 17.3 Å². The molecule has 1 aliphatic rings. The predicted molar refractivity (Wildman–Crippen MR) is 102 cm³/mol. The number of ether oxygens (including phenoxy) is 1. The van der Waals surface area contributed by atoms with E-state index >= 15 is 0 Å². The Bertz CT molecular complexity index is 803. The topological polar surface area (TPSA) is 56.1 Å². The van der Waals surface area contributed by atoms with Gasteiger partial charge in [-0.05, 0) is 31.6 Å². The van der Waals surface area contributed by atoms with Crippen molar-refractivity contribution in [1.29, 1.82) is 0 Å². The quantitative estimate of drug-likeness (QED) is 0.529. The number of halogens is 3. The van der Waals surface area contributed by atoms with Crippen LogP contribution >= 0.6 is 11.8 Å². The summed E-state index contributed by atoms with van der Waals surface area (Å²) in [7, 11) is 1.66. The molecule has 2 aromatic heterocycles. The van der Waals surface area contributed by atoms with Crippen LogP contribution in [-0.2, 0) is 17.5 Å². The molecular weight excluding hydrogens is 391 g/mol. The minimum Gasteiger partial charge on any atom is -0.383 e. The van der Waals surface area contributed by atoms with Crippen molar-refractivity contribution in [2.24, 2.45) is 0 Å². The van der Waals surface area contributed by atoms with Crippen molar-refractivity contribution >= 4 is 17.7 Å². The van der Waals surface area contributed by atoms with Gasteiger partial charge in [0.05, 0.1) is 19.3 Å². The highest BCUT2D eigenvalue weighted by molar-refractivity contribution is 7.98. The zero-order valence-electron chi connectivity index (χ0n) is 16.2. The summed E-state index contributed by atoms with van der Waals surface area (Å²) in [4.78, 5) is 9.92. The molecule has 0 unspecified atom stereocenters. The minimum atomic E-state index is -4.48. The minimum absolute atomic E-state index is 0.155. The van der Waals surface area contributed by atoms with Crippen molar-refractivity contribution in [3.8, 4) is 0 Å². The van der Waals surface area contributed by atoms with E-state index < -0.39 is 11.9 Å². The Balaban J connectivity index is 1.75. The third-order valence-electron chi connectivity index (χ3n) is 4.93. The number of alkyl halides is 3. The smallest absolute Gasteiger partial charge is 0.383 e. The number of aromatic nitrogens is 4. The molecule has 0 bridgehead atoms. The van der Waals surface area contributed by atoms with E-state index in [1.807, 2.05) is 22.7 Å². The lowest BCUT2D eigenvalue weighted by Crippen LogP contribution is -2.35. The molecule has 3 heterocycles. The van der Waals surface area contributed by atoms with Gasteiger partial charge in [0.15, 0.2) is 5.69 Å². The summed E-state index contributed by atoms with van der Waals surface area (Å²) in [6.45, 7) is 4.53. The van der Waals surface area contributed by atoms with E-state index in [0.29, 0.717) is 37.2 Å². The Kier molecular flexibility index (Phi) is 6.49. The molecule has 0 N–H and O–H groups in total. The molecule has 0 spiro atoms. The van der Waals surface area contributed by atoms with Crippen LogP contribution in [0.2, 0.25) is 0 Å². The van der Waals surface area contributed by atoms with Crippen molar-refractivity contribution in [1.82, 2.24) is 19.7 Å². The maximum Gasteiger partial charge on any atom is 0.433 e. The van der Waals surface area contributed by atoms with Crippen LogP contribution < -0.4 is 4.90 Å². The number of methoxy groups -OCH3 is 1. The van der Waals surface area contributed by atoms with E-state index in [9.17, 15) is 13.2 Å². The molecule has 0 aromatic carbocycles. The Hall–Kier alpha value is -1.81. The maximum atomic E-state index is 13.2. The third kappa shape index (κ3) is 4.60. The van der Waals surface area contributed by atoms with Crippen molar-refractivity contribution in [2.45, 2.75) is 43.4 Å². The van der Waals surface area contributed by atoms with Gasteiger partial charge in [0.25, 0.3) is 0 Å². The van der Waals surface area contributed by atoms with E-state index in [2.05, 4.69) is 15.1 Å². The number of thioether (sulfide) groups is 1. The number of anilines is 1. The average molecular weight is 415 g/mol. The fourth-order valence-electron chi connectivity index (χ4n) is 3.53. The highest BCUT2D eigenvalue weighted by Gasteiger charge is 2.35. The van der Waals surface area contributed by atoms with Gasteiger partial charge in [-0.1, -0.05) is 0 Å². The monoisotopic (exact) mass is 415 g/mol. The SMILES string of the molecule is COCCn1ncc(C)c1C1CCN(c2nc(SC)cc(C(F)(F)F)n2)CC1. The van der Waals surface area contributed by atoms with Crippen molar-refractivity contribution in [2.75, 3.05) is 38.0 Å². The summed E-state index contributed by atoms with van der Waals surface area (Å²) in [5, 5.41) is 4.76. The largest absolute Gasteiger partial charge is 0.433 e. The number of hydrogen-bond acceptors (Lipinski definition) is 6. The number of hydrogen-bond donors (Lipinski definition) is 0. The number of piperidine rings is 1. The van der Waals surface area contributed by atoms with Gasteiger partial charge in [0, 0.05) is 37.9 Å². The first-order chi connectivity index (χ1) is 13.3. The van der Waals surface area contributed by atoms with E-state index in [1.54, 1.807) is 13.4 Å². The first kappa shape index (κ1) is 20.9. The number of nitrogens with zero attached hydrogens (tertiary/aromatic N) is 5. The molecule has 10 heteroatoms. The number of aryl methyl sites for hydroxylation is 1. The van der Waals surface area contributed by atoms with Crippen molar-refractivity contribution in [3.05, 3.63) is 29.2 Å². The van der Waals surface area contributed by atoms with Gasteiger partial charge in [-0.2, -0.15) is 18.3 Å². The summed E-state index contributed by atoms with van der Waals surface area (Å²) in [5.74, 6) is 0.462. The Morgan fingerprint density at radius 1 is 1.25 bits per heavy atom. The van der Waals surface area contributed by atoms with Crippen molar-refractivity contribution < 1.29 is 17.9 Å². The summed E-state index contributed by atoms with van der Waals surface area (Å²) in [6.07, 6.45) is 0.716. The molecule has 0 atom stereocenters. The highest BCUT2D eigenvalue weighted by atomic mass is 32.2. The molecule has 1 saturated heterocycles. The van der Waals surface area contributed by atoms with E-state index in [1.165, 1.54) is 17.5 Å². The molecule has 28 heavy (non-hydrogen) atoms. The van der Waals surface area contributed by atoms with Gasteiger partial charge < -0.3 is 9.64 Å². The van der Waals surface area contributed by atoms with E-state index in [4.69, 9.17) is 4.74 Å². The second-order valence-corrected chi connectivity index (χ2v) is 7.61. The second kappa shape index (κ2) is 8.69. The van der Waals surface area contributed by atoms with Gasteiger partial charge in [0.1, 0.15) is 5.03 Å². The fourth-order valence-corrected chi connectivity index (χ4v) is 3.94. The molecule has 3 rings (SSSR count). The lowest BCUT2D eigenvalue weighted by molar-refractivity contribution is -0.141. The first-order valence-corrected chi connectivity index (χ1v) is 10.3. The zero-order chi connectivity index (χ0) is 20.3. The molecule has 0 amide bonds. The summed E-state index contributed by atoms with van der Waals surface area (Å²) < 4.78 is 46.6. The van der Waals surface area contributed by atoms with E-state index in [0.717, 1.165) is 24.5 Å². The molecule has 6 nitrogen and oxygen atoms in total. The summed E-state index contributed by atoms with van der Waals surface area (Å²) >= 11 is 1.19. The predicted octanol–water partition coefficient (Wildman–Crippen LogP) is 3.75. The Morgan fingerprint density at radius 3 is 2.57 bits per heavy atom. The van der Waals surface area contributed by atoms with Gasteiger partial charge in [-0.15, -0.1) is 11.8 Å². The molecule has 0 radical (unpaired) electrons. The van der Waals surface area contributed by atoms with Crippen LogP contribution in [0.3, 0.4) is 0 Å². The fraction of sp³-hybridized carbons (Fsp3) is 0.611. The normalized spacial score (nSPS) is 16.0. The van der Waals surface area contributed by atoms with Gasteiger partial charge in [0.2, 0.25) is 5.95 Å². The third-order valence-corrected chi connectivity index (χ3v) is 5.56.